The third-order valence-electron chi connectivity index (χ3n) is 4.04. The lowest BCUT2D eigenvalue weighted by atomic mass is 9.98. The average molecular weight is 420 g/mol. The van der Waals surface area contributed by atoms with Crippen molar-refractivity contribution >= 4 is 42.3 Å². The number of hydrogen-bond acceptors (Lipinski definition) is 7. The van der Waals surface area contributed by atoms with E-state index in [1.807, 2.05) is 0 Å². The number of hydrogen-bond donors (Lipinski definition) is 7. The van der Waals surface area contributed by atoms with E-state index in [1.165, 1.54) is 0 Å². The number of amides is 3. The van der Waals surface area contributed by atoms with Crippen molar-refractivity contribution in [3.8, 4) is 0 Å². The molecule has 0 heterocycles. The Balaban J connectivity index is 4.77. The Morgan fingerprint density at radius 2 is 1.68 bits per heavy atom. The second-order valence-electron chi connectivity index (χ2n) is 6.27. The number of carbonyl (C=O) groups is 5. The number of carboxylic acid groups (broad SMARTS) is 2. The highest BCUT2D eigenvalue weighted by Crippen LogP contribution is 2.08. The van der Waals surface area contributed by atoms with Crippen LogP contribution in [0.5, 0.6) is 0 Å². The molecule has 0 aromatic heterocycles. The number of thiol groups is 1. The maximum atomic E-state index is 12.4. The van der Waals surface area contributed by atoms with Crippen LogP contribution in [0.3, 0.4) is 0 Å². The fraction of sp³-hybridized carbons (Fsp3) is 0.688. The zero-order valence-corrected chi connectivity index (χ0v) is 16.7. The minimum absolute atomic E-state index is 0.0824. The van der Waals surface area contributed by atoms with Gasteiger partial charge in [-0.1, -0.05) is 20.3 Å². The standard InChI is InChI=1S/C16H28N4O7S/c1-3-8(2)13(15(25)19-10(7-28)16(26)27)20-11(21)6-18-14(24)9(17)4-5-12(22)23/h8-10,13,28H,3-7,17H2,1-2H3,(H,18,24)(H,19,25)(H,20,21)(H,22,23)(H,26,27). The number of nitrogens with one attached hydrogen (secondary N) is 3. The molecule has 4 atom stereocenters. The summed E-state index contributed by atoms with van der Waals surface area (Å²) in [6.07, 6.45) is 0.164. The lowest BCUT2D eigenvalue weighted by molar-refractivity contribution is -0.142. The van der Waals surface area contributed by atoms with E-state index in [1.54, 1.807) is 13.8 Å². The van der Waals surface area contributed by atoms with E-state index >= 15 is 0 Å². The molecule has 0 aromatic rings. The highest BCUT2D eigenvalue weighted by atomic mass is 32.1. The Hall–Kier alpha value is -2.34. The van der Waals surface area contributed by atoms with Gasteiger partial charge in [0, 0.05) is 12.2 Å². The Morgan fingerprint density at radius 3 is 2.14 bits per heavy atom. The van der Waals surface area contributed by atoms with Gasteiger partial charge < -0.3 is 31.9 Å². The van der Waals surface area contributed by atoms with E-state index in [0.717, 1.165) is 0 Å². The summed E-state index contributed by atoms with van der Waals surface area (Å²) < 4.78 is 0. The summed E-state index contributed by atoms with van der Waals surface area (Å²) in [5.74, 6) is -4.80. The zero-order valence-electron chi connectivity index (χ0n) is 15.8. The van der Waals surface area contributed by atoms with Crippen LogP contribution < -0.4 is 21.7 Å². The summed E-state index contributed by atoms with van der Waals surface area (Å²) >= 11 is 3.87. The Labute approximate surface area is 168 Å². The van der Waals surface area contributed by atoms with Crippen molar-refractivity contribution in [2.75, 3.05) is 12.3 Å². The summed E-state index contributed by atoms with van der Waals surface area (Å²) in [4.78, 5) is 57.7. The van der Waals surface area contributed by atoms with Crippen molar-refractivity contribution in [3.63, 3.8) is 0 Å². The molecule has 4 unspecified atom stereocenters. The van der Waals surface area contributed by atoms with Crippen molar-refractivity contribution in [1.29, 1.82) is 0 Å². The minimum Gasteiger partial charge on any atom is -0.481 e. The molecular weight excluding hydrogens is 392 g/mol. The molecule has 7 N–H and O–H groups in total. The van der Waals surface area contributed by atoms with Crippen molar-refractivity contribution in [2.24, 2.45) is 11.7 Å². The monoisotopic (exact) mass is 420 g/mol. The number of carboxylic acids is 2. The van der Waals surface area contributed by atoms with E-state index in [-0.39, 0.29) is 24.5 Å². The molecule has 0 radical (unpaired) electrons. The second kappa shape index (κ2) is 12.9. The maximum absolute atomic E-state index is 12.4. The highest BCUT2D eigenvalue weighted by molar-refractivity contribution is 7.80. The van der Waals surface area contributed by atoms with E-state index in [2.05, 4.69) is 28.6 Å². The molecule has 0 saturated carbocycles. The van der Waals surface area contributed by atoms with Gasteiger partial charge in [-0.25, -0.2) is 4.79 Å². The van der Waals surface area contributed by atoms with Crippen LogP contribution in [0.4, 0.5) is 0 Å². The van der Waals surface area contributed by atoms with Gasteiger partial charge in [0.05, 0.1) is 12.6 Å². The quantitative estimate of drug-likeness (QED) is 0.172. The van der Waals surface area contributed by atoms with Crippen LogP contribution in [0.1, 0.15) is 33.1 Å². The summed E-state index contributed by atoms with van der Waals surface area (Å²) in [7, 11) is 0. The van der Waals surface area contributed by atoms with Crippen LogP contribution in [-0.4, -0.2) is 70.3 Å². The lowest BCUT2D eigenvalue weighted by Crippen LogP contribution is -2.56. The van der Waals surface area contributed by atoms with Crippen LogP contribution in [0.2, 0.25) is 0 Å². The summed E-state index contributed by atoms with van der Waals surface area (Å²) in [5, 5.41) is 24.6. The molecule has 0 bridgehead atoms. The molecule has 0 fully saturated rings. The summed E-state index contributed by atoms with van der Waals surface area (Å²) in [6.45, 7) is 3.05. The van der Waals surface area contributed by atoms with Crippen LogP contribution in [-0.2, 0) is 24.0 Å². The molecule has 12 heteroatoms. The predicted molar refractivity (Wildman–Crippen MR) is 103 cm³/mol. The van der Waals surface area contributed by atoms with Crippen LogP contribution in [0, 0.1) is 5.92 Å². The van der Waals surface area contributed by atoms with E-state index < -0.39 is 54.3 Å². The number of aliphatic carboxylic acids is 2. The first-order chi connectivity index (χ1) is 13.0. The molecule has 0 aliphatic heterocycles. The highest BCUT2D eigenvalue weighted by Gasteiger charge is 2.29. The van der Waals surface area contributed by atoms with Gasteiger partial charge in [-0.3, -0.25) is 19.2 Å². The molecular formula is C16H28N4O7S. The largest absolute Gasteiger partial charge is 0.481 e. The Bertz CT molecular complexity index is 587. The maximum Gasteiger partial charge on any atom is 0.327 e. The molecule has 0 rings (SSSR count). The molecule has 0 aromatic carbocycles. The fourth-order valence-corrected chi connectivity index (χ4v) is 2.33. The van der Waals surface area contributed by atoms with Crippen molar-refractivity contribution in [1.82, 2.24) is 16.0 Å². The molecule has 160 valence electrons. The van der Waals surface area contributed by atoms with E-state index in [9.17, 15) is 24.0 Å². The first-order valence-electron chi connectivity index (χ1n) is 8.71. The third-order valence-corrected chi connectivity index (χ3v) is 4.40. The van der Waals surface area contributed by atoms with Gasteiger partial charge in [0.2, 0.25) is 17.7 Å². The van der Waals surface area contributed by atoms with Crippen molar-refractivity contribution in [2.45, 2.75) is 51.2 Å². The summed E-state index contributed by atoms with van der Waals surface area (Å²) in [6, 6.07) is -3.28. The zero-order chi connectivity index (χ0) is 21.9. The molecule has 0 spiro atoms. The minimum atomic E-state index is -1.25. The Kier molecular flexibility index (Phi) is 11.9. The molecule has 3 amide bonds. The average Bonchev–Trinajstić information content (AvgIpc) is 2.64. The number of carbonyl (C=O) groups excluding carboxylic acids is 3. The second-order valence-corrected chi connectivity index (χ2v) is 6.63. The van der Waals surface area contributed by atoms with Gasteiger partial charge >= 0.3 is 11.9 Å². The first kappa shape index (κ1) is 25.7. The van der Waals surface area contributed by atoms with Gasteiger partial charge in [-0.15, -0.1) is 0 Å². The molecule has 0 aliphatic rings. The normalized spacial score (nSPS) is 14.9. The summed E-state index contributed by atoms with van der Waals surface area (Å²) in [5.41, 5.74) is 5.54. The number of nitrogens with two attached hydrogens (primary N) is 1. The molecule has 0 aliphatic carbocycles. The SMILES string of the molecule is CCC(C)C(NC(=O)CNC(=O)C(N)CCC(=O)O)C(=O)NC(CS)C(=O)O. The molecule has 0 saturated heterocycles. The van der Waals surface area contributed by atoms with Crippen molar-refractivity contribution in [3.05, 3.63) is 0 Å². The van der Waals surface area contributed by atoms with Crippen LogP contribution in [0.25, 0.3) is 0 Å². The van der Waals surface area contributed by atoms with E-state index in [0.29, 0.717) is 6.42 Å². The smallest absolute Gasteiger partial charge is 0.327 e. The van der Waals surface area contributed by atoms with Crippen LogP contribution in [0.15, 0.2) is 0 Å². The van der Waals surface area contributed by atoms with Gasteiger partial charge in [-0.05, 0) is 12.3 Å². The van der Waals surface area contributed by atoms with E-state index in [4.69, 9.17) is 15.9 Å². The predicted octanol–water partition coefficient (Wildman–Crippen LogP) is -1.68. The van der Waals surface area contributed by atoms with Gasteiger partial charge in [0.25, 0.3) is 0 Å². The van der Waals surface area contributed by atoms with Crippen molar-refractivity contribution < 1.29 is 34.2 Å². The molecule has 11 nitrogen and oxygen atoms in total. The first-order valence-corrected chi connectivity index (χ1v) is 9.35. The lowest BCUT2D eigenvalue weighted by Gasteiger charge is -2.25. The number of rotatable bonds is 13. The topological polar surface area (TPSA) is 188 Å². The van der Waals surface area contributed by atoms with Gasteiger partial charge in [0.1, 0.15) is 12.1 Å². The fourth-order valence-electron chi connectivity index (χ4n) is 2.08. The van der Waals surface area contributed by atoms with Gasteiger partial charge in [-0.2, -0.15) is 12.6 Å². The van der Waals surface area contributed by atoms with Gasteiger partial charge in [0.15, 0.2) is 0 Å². The molecule has 28 heavy (non-hydrogen) atoms. The Morgan fingerprint density at radius 1 is 1.07 bits per heavy atom. The van der Waals surface area contributed by atoms with Crippen LogP contribution >= 0.6 is 12.6 Å². The third kappa shape index (κ3) is 9.55.